The zero-order chi connectivity index (χ0) is 20.8. The van der Waals surface area contributed by atoms with E-state index in [0.29, 0.717) is 32.5 Å². The van der Waals surface area contributed by atoms with Crippen molar-refractivity contribution in [2.24, 2.45) is 5.92 Å². The molecule has 7 heteroatoms. The molecule has 0 unspecified atom stereocenters. The van der Waals surface area contributed by atoms with Crippen molar-refractivity contribution in [3.63, 3.8) is 0 Å². The van der Waals surface area contributed by atoms with Crippen LogP contribution < -0.4 is 0 Å². The van der Waals surface area contributed by atoms with E-state index in [1.54, 1.807) is 11.9 Å². The minimum absolute atomic E-state index is 0.0433. The zero-order valence-electron chi connectivity index (χ0n) is 17.3. The highest BCUT2D eigenvalue weighted by Crippen LogP contribution is 2.37. The van der Waals surface area contributed by atoms with Gasteiger partial charge in [-0.1, -0.05) is 32.0 Å². The number of likely N-dealkylation sites (N-methyl/N-ethyl adjacent to an activating group) is 1. The Morgan fingerprint density at radius 1 is 1.10 bits per heavy atom. The molecule has 0 N–H and O–H groups in total. The first-order valence-electron chi connectivity index (χ1n) is 10.2. The van der Waals surface area contributed by atoms with Crippen LogP contribution in [0.4, 0.5) is 4.79 Å². The third-order valence-corrected chi connectivity index (χ3v) is 6.21. The van der Waals surface area contributed by atoms with Crippen molar-refractivity contribution in [1.82, 2.24) is 19.3 Å². The molecule has 2 saturated heterocycles. The van der Waals surface area contributed by atoms with Gasteiger partial charge in [-0.2, -0.15) is 0 Å². The van der Waals surface area contributed by atoms with Crippen molar-refractivity contribution >= 4 is 28.7 Å². The molecule has 2 aliphatic rings. The van der Waals surface area contributed by atoms with Crippen molar-refractivity contribution in [1.29, 1.82) is 0 Å². The summed E-state index contributed by atoms with van der Waals surface area (Å²) in [6, 6.07) is 9.78. The number of urea groups is 1. The number of imide groups is 1. The van der Waals surface area contributed by atoms with E-state index in [4.69, 9.17) is 0 Å². The van der Waals surface area contributed by atoms with Crippen LogP contribution in [0.25, 0.3) is 10.9 Å². The highest BCUT2D eigenvalue weighted by molar-refractivity contribution is 6.07. The number of carbonyl (C=O) groups excluding carboxylic acids is 3. The van der Waals surface area contributed by atoms with Gasteiger partial charge in [-0.15, -0.1) is 0 Å². The van der Waals surface area contributed by atoms with Crippen LogP contribution in [0.15, 0.2) is 36.5 Å². The SMILES string of the molecule is CC(C)CN1C(=O)N(C)C(=O)C12CCN(C(=O)Cn1ccc3ccccc31)CC2. The molecule has 1 aromatic carbocycles. The third-order valence-electron chi connectivity index (χ3n) is 6.21. The Balaban J connectivity index is 1.47. The standard InChI is InChI=1S/C22H28N4O3/c1-16(2)14-26-21(29)23(3)20(28)22(26)9-12-24(13-10-22)19(27)15-25-11-8-17-6-4-5-7-18(17)25/h4-8,11,16H,9-10,12-15H2,1-3H3. The molecule has 2 aromatic rings. The second-order valence-corrected chi connectivity index (χ2v) is 8.57. The first kappa shape index (κ1) is 19.5. The molecule has 1 aromatic heterocycles. The predicted octanol–water partition coefficient (Wildman–Crippen LogP) is 2.55. The summed E-state index contributed by atoms with van der Waals surface area (Å²) in [4.78, 5) is 43.3. The van der Waals surface area contributed by atoms with Gasteiger partial charge in [-0.3, -0.25) is 14.5 Å². The Hall–Kier alpha value is -2.83. The number of rotatable bonds is 4. The molecule has 7 nitrogen and oxygen atoms in total. The van der Waals surface area contributed by atoms with E-state index in [9.17, 15) is 14.4 Å². The lowest BCUT2D eigenvalue weighted by atomic mass is 9.85. The fraction of sp³-hybridized carbons (Fsp3) is 0.500. The van der Waals surface area contributed by atoms with Crippen molar-refractivity contribution in [2.75, 3.05) is 26.7 Å². The van der Waals surface area contributed by atoms with E-state index >= 15 is 0 Å². The van der Waals surface area contributed by atoms with Crippen LogP contribution in [0, 0.1) is 5.92 Å². The van der Waals surface area contributed by atoms with Crippen LogP contribution >= 0.6 is 0 Å². The molecule has 0 radical (unpaired) electrons. The van der Waals surface area contributed by atoms with E-state index in [1.807, 2.05) is 59.8 Å². The summed E-state index contributed by atoms with van der Waals surface area (Å²) in [6.45, 7) is 5.90. The summed E-state index contributed by atoms with van der Waals surface area (Å²) >= 11 is 0. The van der Waals surface area contributed by atoms with Gasteiger partial charge in [0.2, 0.25) is 5.91 Å². The average molecular weight is 396 g/mol. The van der Waals surface area contributed by atoms with Crippen LogP contribution in [0.3, 0.4) is 0 Å². The number of likely N-dealkylation sites (tertiary alicyclic amines) is 1. The van der Waals surface area contributed by atoms with E-state index in [2.05, 4.69) is 0 Å². The smallest absolute Gasteiger partial charge is 0.327 e. The monoisotopic (exact) mass is 396 g/mol. The van der Waals surface area contributed by atoms with Gasteiger partial charge in [0, 0.05) is 38.4 Å². The molecule has 0 saturated carbocycles. The molecule has 0 atom stereocenters. The van der Waals surface area contributed by atoms with Gasteiger partial charge in [0.25, 0.3) is 5.91 Å². The van der Waals surface area contributed by atoms with Gasteiger partial charge in [-0.05, 0) is 36.3 Å². The van der Waals surface area contributed by atoms with E-state index in [1.165, 1.54) is 4.90 Å². The lowest BCUT2D eigenvalue weighted by Crippen LogP contribution is -2.58. The summed E-state index contributed by atoms with van der Waals surface area (Å²) in [5.74, 6) is 0.185. The number of fused-ring (bicyclic) bond motifs is 1. The number of carbonyl (C=O) groups is 3. The second-order valence-electron chi connectivity index (χ2n) is 8.57. The number of benzene rings is 1. The van der Waals surface area contributed by atoms with Crippen molar-refractivity contribution in [3.05, 3.63) is 36.5 Å². The van der Waals surface area contributed by atoms with Gasteiger partial charge in [0.1, 0.15) is 12.1 Å². The van der Waals surface area contributed by atoms with E-state index in [0.717, 1.165) is 10.9 Å². The highest BCUT2D eigenvalue weighted by Gasteiger charge is 2.57. The first-order valence-corrected chi connectivity index (χ1v) is 10.2. The Bertz CT molecular complexity index is 956. The van der Waals surface area contributed by atoms with Gasteiger partial charge in [-0.25, -0.2) is 4.79 Å². The zero-order valence-corrected chi connectivity index (χ0v) is 17.3. The molecule has 4 amide bonds. The molecule has 2 aliphatic heterocycles. The maximum atomic E-state index is 12.9. The highest BCUT2D eigenvalue weighted by atomic mass is 16.2. The topological polar surface area (TPSA) is 65.9 Å². The molecular formula is C22H28N4O3. The fourth-order valence-electron chi connectivity index (χ4n) is 4.63. The molecule has 29 heavy (non-hydrogen) atoms. The molecule has 0 aliphatic carbocycles. The van der Waals surface area contributed by atoms with E-state index in [-0.39, 0.29) is 30.3 Å². The minimum atomic E-state index is -0.799. The van der Waals surface area contributed by atoms with Crippen LogP contribution in [-0.4, -0.2) is 69.3 Å². The summed E-state index contributed by atoms with van der Waals surface area (Å²) < 4.78 is 1.96. The Labute approximate surface area is 170 Å². The molecule has 0 bridgehead atoms. The number of hydrogen-bond donors (Lipinski definition) is 0. The second kappa shape index (κ2) is 7.21. The van der Waals surface area contributed by atoms with Crippen LogP contribution in [0.2, 0.25) is 0 Å². The minimum Gasteiger partial charge on any atom is -0.341 e. The van der Waals surface area contributed by atoms with Gasteiger partial charge in [0.15, 0.2) is 0 Å². The number of para-hydroxylation sites is 1. The number of hydrogen-bond acceptors (Lipinski definition) is 3. The van der Waals surface area contributed by atoms with Crippen molar-refractivity contribution in [2.45, 2.75) is 38.8 Å². The molecule has 1 spiro atoms. The molecule has 154 valence electrons. The van der Waals surface area contributed by atoms with Crippen LogP contribution in [0.5, 0.6) is 0 Å². The summed E-state index contributed by atoms with van der Waals surface area (Å²) in [5.41, 5.74) is 0.239. The van der Waals surface area contributed by atoms with E-state index < -0.39 is 5.54 Å². The van der Waals surface area contributed by atoms with Gasteiger partial charge < -0.3 is 14.4 Å². The van der Waals surface area contributed by atoms with Gasteiger partial charge in [0.05, 0.1) is 0 Å². The summed E-state index contributed by atoms with van der Waals surface area (Å²) in [6.07, 6.45) is 2.92. The molecule has 4 rings (SSSR count). The lowest BCUT2D eigenvalue weighted by molar-refractivity contribution is -0.141. The van der Waals surface area contributed by atoms with Crippen LogP contribution in [-0.2, 0) is 16.1 Å². The predicted molar refractivity (Wildman–Crippen MR) is 110 cm³/mol. The number of piperidine rings is 1. The maximum absolute atomic E-state index is 12.9. The van der Waals surface area contributed by atoms with Crippen molar-refractivity contribution < 1.29 is 14.4 Å². The van der Waals surface area contributed by atoms with Gasteiger partial charge >= 0.3 is 6.03 Å². The number of amides is 4. The fourth-order valence-corrected chi connectivity index (χ4v) is 4.63. The third kappa shape index (κ3) is 3.18. The normalized spacial score (nSPS) is 19.2. The van der Waals surface area contributed by atoms with Crippen LogP contribution in [0.1, 0.15) is 26.7 Å². The maximum Gasteiger partial charge on any atom is 0.327 e. The lowest BCUT2D eigenvalue weighted by Gasteiger charge is -2.42. The van der Waals surface area contributed by atoms with Crippen molar-refractivity contribution in [3.8, 4) is 0 Å². The quantitative estimate of drug-likeness (QED) is 0.746. The Morgan fingerprint density at radius 3 is 2.48 bits per heavy atom. The largest absolute Gasteiger partial charge is 0.341 e. The molecule has 2 fully saturated rings. The number of aromatic nitrogens is 1. The average Bonchev–Trinajstić information content (AvgIpc) is 3.19. The number of nitrogens with zero attached hydrogens (tertiary/aromatic N) is 4. The summed E-state index contributed by atoms with van der Waals surface area (Å²) in [7, 11) is 1.56. The molecule has 3 heterocycles. The Kier molecular flexibility index (Phi) is 4.84. The summed E-state index contributed by atoms with van der Waals surface area (Å²) in [5, 5.41) is 1.11. The first-order chi connectivity index (χ1) is 13.8. The molecular weight excluding hydrogens is 368 g/mol. The Morgan fingerprint density at radius 2 is 1.79 bits per heavy atom.